The van der Waals surface area contributed by atoms with Gasteiger partial charge in [-0.3, -0.25) is 9.59 Å². The summed E-state index contributed by atoms with van der Waals surface area (Å²) in [6.45, 7) is 8.43. The Balaban J connectivity index is 1.83. The third kappa shape index (κ3) is 4.00. The molecule has 0 radical (unpaired) electrons. The molecule has 32 heavy (non-hydrogen) atoms. The van der Waals surface area contributed by atoms with Gasteiger partial charge in [-0.25, -0.2) is 4.98 Å². The fourth-order valence-electron chi connectivity index (χ4n) is 3.64. The first-order chi connectivity index (χ1) is 15.4. The standard InChI is InChI=1S/C24H23N5O2S/c1-13(2)11-27-19-12-28-21-17(22(25)30)8-7-16(20(19)21)15-5-4-6-18(14(15)3)29-23(31)24-26-9-10-32-24/h4-10,12,27-28H,1,11H2,2-3H3,(H2,25,30)(H,29,31). The van der Waals surface area contributed by atoms with Gasteiger partial charge in [-0.1, -0.05) is 30.4 Å². The van der Waals surface area contributed by atoms with Gasteiger partial charge < -0.3 is 21.4 Å². The van der Waals surface area contributed by atoms with Crippen LogP contribution in [0.25, 0.3) is 22.0 Å². The first-order valence-electron chi connectivity index (χ1n) is 9.99. The number of hydrogen-bond acceptors (Lipinski definition) is 5. The van der Waals surface area contributed by atoms with E-state index in [4.69, 9.17) is 5.73 Å². The number of thiazole rings is 1. The Bertz CT molecular complexity index is 1340. The monoisotopic (exact) mass is 445 g/mol. The minimum Gasteiger partial charge on any atom is -0.380 e. The highest BCUT2D eigenvalue weighted by Gasteiger charge is 2.19. The van der Waals surface area contributed by atoms with Crippen LogP contribution in [0.15, 0.2) is 60.3 Å². The lowest BCUT2D eigenvalue weighted by Gasteiger charge is -2.15. The number of aromatic amines is 1. The van der Waals surface area contributed by atoms with Crippen LogP contribution in [0.4, 0.5) is 11.4 Å². The van der Waals surface area contributed by atoms with E-state index in [1.54, 1.807) is 17.6 Å². The van der Waals surface area contributed by atoms with Crippen LogP contribution in [-0.2, 0) is 0 Å². The SMILES string of the molecule is C=C(C)CNc1c[nH]c2c(C(N)=O)ccc(-c3cccc(NC(=O)c4nccs4)c3C)c12. The number of primary amides is 1. The first-order valence-corrected chi connectivity index (χ1v) is 10.9. The zero-order chi connectivity index (χ0) is 22.8. The van der Waals surface area contributed by atoms with Crippen molar-refractivity contribution in [2.75, 3.05) is 17.2 Å². The molecule has 162 valence electrons. The maximum absolute atomic E-state index is 12.5. The summed E-state index contributed by atoms with van der Waals surface area (Å²) < 4.78 is 0. The molecule has 0 unspecified atom stereocenters. The van der Waals surface area contributed by atoms with Crippen molar-refractivity contribution in [2.24, 2.45) is 5.73 Å². The number of carbonyl (C=O) groups is 2. The van der Waals surface area contributed by atoms with Crippen molar-refractivity contribution in [3.8, 4) is 11.1 Å². The molecule has 4 aromatic rings. The van der Waals surface area contributed by atoms with Crippen LogP contribution in [0, 0.1) is 6.92 Å². The van der Waals surface area contributed by atoms with E-state index in [-0.39, 0.29) is 5.91 Å². The van der Waals surface area contributed by atoms with Crippen molar-refractivity contribution < 1.29 is 9.59 Å². The number of carbonyl (C=O) groups excluding carboxylic acids is 2. The summed E-state index contributed by atoms with van der Waals surface area (Å²) in [5.41, 5.74) is 12.0. The average Bonchev–Trinajstić information content (AvgIpc) is 3.43. The molecule has 5 N–H and O–H groups in total. The molecule has 0 spiro atoms. The van der Waals surface area contributed by atoms with Gasteiger partial charge in [0, 0.05) is 35.4 Å². The topological polar surface area (TPSA) is 113 Å². The molecule has 0 atom stereocenters. The number of fused-ring (bicyclic) bond motifs is 1. The van der Waals surface area contributed by atoms with Gasteiger partial charge >= 0.3 is 0 Å². The van der Waals surface area contributed by atoms with Crippen LogP contribution >= 0.6 is 11.3 Å². The molecule has 0 aliphatic heterocycles. The smallest absolute Gasteiger partial charge is 0.284 e. The fraction of sp³-hybridized carbons (Fsp3) is 0.125. The van der Waals surface area contributed by atoms with E-state index >= 15 is 0 Å². The predicted molar refractivity (Wildman–Crippen MR) is 130 cm³/mol. The van der Waals surface area contributed by atoms with E-state index in [1.807, 2.05) is 44.3 Å². The molecule has 2 amide bonds. The molecule has 0 saturated carbocycles. The van der Waals surface area contributed by atoms with Crippen LogP contribution in [0.3, 0.4) is 0 Å². The molecular formula is C24H23N5O2S. The first kappa shape index (κ1) is 21.3. The zero-order valence-corrected chi connectivity index (χ0v) is 18.6. The molecule has 0 saturated heterocycles. The molecule has 8 heteroatoms. The minimum atomic E-state index is -0.504. The summed E-state index contributed by atoms with van der Waals surface area (Å²) in [4.78, 5) is 31.8. The summed E-state index contributed by atoms with van der Waals surface area (Å²) in [6.07, 6.45) is 3.43. The highest BCUT2D eigenvalue weighted by molar-refractivity contribution is 7.11. The summed E-state index contributed by atoms with van der Waals surface area (Å²) in [7, 11) is 0. The number of aromatic nitrogens is 2. The van der Waals surface area contributed by atoms with Crippen molar-refractivity contribution in [2.45, 2.75) is 13.8 Å². The van der Waals surface area contributed by atoms with Gasteiger partial charge in [0.15, 0.2) is 5.01 Å². The number of nitrogens with one attached hydrogen (secondary N) is 3. The Morgan fingerprint density at radius 3 is 2.69 bits per heavy atom. The van der Waals surface area contributed by atoms with Gasteiger partial charge in [0.2, 0.25) is 0 Å². The number of anilines is 2. The Morgan fingerprint density at radius 1 is 1.19 bits per heavy atom. The number of nitrogens with zero attached hydrogens (tertiary/aromatic N) is 1. The van der Waals surface area contributed by atoms with Crippen molar-refractivity contribution >= 4 is 45.4 Å². The van der Waals surface area contributed by atoms with Gasteiger partial charge in [0.25, 0.3) is 11.8 Å². The molecular weight excluding hydrogens is 422 g/mol. The molecule has 7 nitrogen and oxygen atoms in total. The van der Waals surface area contributed by atoms with E-state index in [2.05, 4.69) is 27.2 Å². The molecule has 0 aliphatic rings. The normalized spacial score (nSPS) is 10.8. The highest BCUT2D eigenvalue weighted by atomic mass is 32.1. The van der Waals surface area contributed by atoms with Crippen LogP contribution in [0.2, 0.25) is 0 Å². The summed E-state index contributed by atoms with van der Waals surface area (Å²) in [5.74, 6) is -0.754. The predicted octanol–water partition coefficient (Wildman–Crippen LogP) is 4.94. The fourth-order valence-corrected chi connectivity index (χ4v) is 4.17. The van der Waals surface area contributed by atoms with Crippen LogP contribution in [-0.4, -0.2) is 28.3 Å². The van der Waals surface area contributed by atoms with Crippen LogP contribution in [0.5, 0.6) is 0 Å². The lowest BCUT2D eigenvalue weighted by molar-refractivity contribution is 0.0998. The largest absolute Gasteiger partial charge is 0.380 e. The van der Waals surface area contributed by atoms with Gasteiger partial charge in [-0.2, -0.15) is 0 Å². The third-order valence-electron chi connectivity index (χ3n) is 5.18. The van der Waals surface area contributed by atoms with E-state index in [1.165, 1.54) is 11.3 Å². The second-order valence-corrected chi connectivity index (χ2v) is 8.45. The van der Waals surface area contributed by atoms with Crippen LogP contribution in [0.1, 0.15) is 32.6 Å². The van der Waals surface area contributed by atoms with Crippen molar-refractivity contribution in [3.05, 3.63) is 76.4 Å². The van der Waals surface area contributed by atoms with Gasteiger partial charge in [0.05, 0.1) is 16.8 Å². The quantitative estimate of drug-likeness (QED) is 0.302. The molecule has 2 heterocycles. The maximum atomic E-state index is 12.5. The Kier molecular flexibility index (Phi) is 5.79. The second-order valence-electron chi connectivity index (χ2n) is 7.56. The number of benzene rings is 2. The summed E-state index contributed by atoms with van der Waals surface area (Å²) in [6, 6.07) is 9.34. The number of nitrogens with two attached hydrogens (primary N) is 1. The minimum absolute atomic E-state index is 0.250. The van der Waals surface area contributed by atoms with Gasteiger partial charge in [0.1, 0.15) is 0 Å². The van der Waals surface area contributed by atoms with E-state index in [0.717, 1.165) is 33.3 Å². The van der Waals surface area contributed by atoms with Gasteiger partial charge in [-0.05, 0) is 42.7 Å². The average molecular weight is 446 g/mol. The molecule has 2 aromatic heterocycles. The zero-order valence-electron chi connectivity index (χ0n) is 17.8. The molecule has 2 aromatic carbocycles. The number of amides is 2. The molecule has 0 aliphatic carbocycles. The van der Waals surface area contributed by atoms with Gasteiger partial charge in [-0.15, -0.1) is 11.3 Å². The number of H-pyrrole nitrogens is 1. The summed E-state index contributed by atoms with van der Waals surface area (Å²) in [5, 5.41) is 9.34. The number of hydrogen-bond donors (Lipinski definition) is 4. The molecule has 0 bridgehead atoms. The second kappa shape index (κ2) is 8.68. The Hall–Kier alpha value is -3.91. The van der Waals surface area contributed by atoms with Crippen molar-refractivity contribution in [1.82, 2.24) is 9.97 Å². The lowest BCUT2D eigenvalue weighted by atomic mass is 9.94. The number of rotatable bonds is 7. The van der Waals surface area contributed by atoms with E-state index in [9.17, 15) is 9.59 Å². The lowest BCUT2D eigenvalue weighted by Crippen LogP contribution is -2.13. The maximum Gasteiger partial charge on any atom is 0.284 e. The van der Waals surface area contributed by atoms with Crippen LogP contribution < -0.4 is 16.4 Å². The molecule has 4 rings (SSSR count). The van der Waals surface area contributed by atoms with E-state index < -0.39 is 5.91 Å². The van der Waals surface area contributed by atoms with Crippen molar-refractivity contribution in [1.29, 1.82) is 0 Å². The Morgan fingerprint density at radius 2 is 2.00 bits per heavy atom. The summed E-state index contributed by atoms with van der Waals surface area (Å²) >= 11 is 1.29. The van der Waals surface area contributed by atoms with Crippen molar-refractivity contribution in [3.63, 3.8) is 0 Å². The third-order valence-corrected chi connectivity index (χ3v) is 5.95. The highest BCUT2D eigenvalue weighted by Crippen LogP contribution is 2.38. The Labute approximate surface area is 189 Å². The molecule has 0 fully saturated rings. The van der Waals surface area contributed by atoms with E-state index in [0.29, 0.717) is 28.3 Å².